The maximum Gasteiger partial charge on any atom is 0.289 e. The maximum absolute atomic E-state index is 12.3. The molecule has 0 aliphatic heterocycles. The predicted octanol–water partition coefficient (Wildman–Crippen LogP) is 5.27. The molecule has 4 rings (SSSR count). The number of carbonyl (C=O) groups excluding carboxylic acids is 1. The normalized spacial score (nSPS) is 10.9. The zero-order valence-electron chi connectivity index (χ0n) is 15.3. The molecule has 0 saturated carbocycles. The first-order chi connectivity index (χ1) is 14.2. The zero-order chi connectivity index (χ0) is 20.1. The SMILES string of the molecule is O=C(N/N=C\c1ccc(Br)cc1)c1cc(-c2ccc(-c3ccccc3)cc2)n[nH]1. The van der Waals surface area contributed by atoms with Crippen LogP contribution in [0, 0.1) is 0 Å². The van der Waals surface area contributed by atoms with Crippen molar-refractivity contribution >= 4 is 28.1 Å². The van der Waals surface area contributed by atoms with Gasteiger partial charge in [0, 0.05) is 10.0 Å². The molecule has 0 aliphatic carbocycles. The van der Waals surface area contributed by atoms with Crippen molar-refractivity contribution < 1.29 is 4.79 Å². The number of aromatic amines is 1. The highest BCUT2D eigenvalue weighted by molar-refractivity contribution is 9.10. The van der Waals surface area contributed by atoms with Gasteiger partial charge >= 0.3 is 0 Å². The van der Waals surface area contributed by atoms with Crippen LogP contribution < -0.4 is 5.43 Å². The van der Waals surface area contributed by atoms with E-state index in [1.807, 2.05) is 66.7 Å². The number of aromatic nitrogens is 2. The molecule has 1 heterocycles. The highest BCUT2D eigenvalue weighted by atomic mass is 79.9. The van der Waals surface area contributed by atoms with E-state index in [1.54, 1.807) is 12.3 Å². The summed E-state index contributed by atoms with van der Waals surface area (Å²) < 4.78 is 0.987. The Balaban J connectivity index is 1.42. The molecule has 6 heteroatoms. The molecule has 142 valence electrons. The molecule has 0 saturated heterocycles. The van der Waals surface area contributed by atoms with Gasteiger partial charge in [0.15, 0.2) is 0 Å². The third-order valence-electron chi connectivity index (χ3n) is 4.36. The highest BCUT2D eigenvalue weighted by Crippen LogP contribution is 2.24. The van der Waals surface area contributed by atoms with Crippen molar-refractivity contribution in [1.82, 2.24) is 15.6 Å². The smallest absolute Gasteiger partial charge is 0.272 e. The van der Waals surface area contributed by atoms with Crippen molar-refractivity contribution in [2.24, 2.45) is 5.10 Å². The average Bonchev–Trinajstić information content (AvgIpc) is 3.26. The number of hydrogen-bond acceptors (Lipinski definition) is 3. The number of halogens is 1. The van der Waals surface area contributed by atoms with E-state index >= 15 is 0 Å². The van der Waals surface area contributed by atoms with Gasteiger partial charge in [-0.1, -0.05) is 82.7 Å². The first-order valence-corrected chi connectivity index (χ1v) is 9.78. The molecule has 1 aromatic heterocycles. The van der Waals surface area contributed by atoms with Gasteiger partial charge in [-0.15, -0.1) is 0 Å². The number of hydrogen-bond donors (Lipinski definition) is 2. The van der Waals surface area contributed by atoms with Crippen molar-refractivity contribution in [3.8, 4) is 22.4 Å². The van der Waals surface area contributed by atoms with E-state index in [0.29, 0.717) is 11.4 Å². The molecule has 29 heavy (non-hydrogen) atoms. The molecule has 3 aromatic carbocycles. The molecule has 5 nitrogen and oxygen atoms in total. The number of benzene rings is 3. The van der Waals surface area contributed by atoms with Crippen LogP contribution in [-0.4, -0.2) is 22.3 Å². The van der Waals surface area contributed by atoms with Crippen molar-refractivity contribution in [3.05, 3.63) is 101 Å². The van der Waals surface area contributed by atoms with Gasteiger partial charge in [-0.3, -0.25) is 9.89 Å². The number of hydrazone groups is 1. The molecule has 0 bridgehead atoms. The van der Waals surface area contributed by atoms with Gasteiger partial charge in [0.1, 0.15) is 5.69 Å². The van der Waals surface area contributed by atoms with E-state index in [0.717, 1.165) is 26.7 Å². The van der Waals surface area contributed by atoms with E-state index in [4.69, 9.17) is 0 Å². The molecule has 0 radical (unpaired) electrons. The summed E-state index contributed by atoms with van der Waals surface area (Å²) in [4.78, 5) is 12.3. The van der Waals surface area contributed by atoms with Gasteiger partial charge in [0.2, 0.25) is 0 Å². The Morgan fingerprint density at radius 3 is 2.28 bits per heavy atom. The Hall–Kier alpha value is -3.51. The van der Waals surface area contributed by atoms with Gasteiger partial charge in [0.25, 0.3) is 5.91 Å². The molecule has 4 aromatic rings. The van der Waals surface area contributed by atoms with Crippen LogP contribution in [0.5, 0.6) is 0 Å². The minimum absolute atomic E-state index is 0.347. The first-order valence-electron chi connectivity index (χ1n) is 8.99. The third kappa shape index (κ3) is 4.67. The monoisotopic (exact) mass is 444 g/mol. The molecule has 0 unspecified atom stereocenters. The molecule has 0 aliphatic rings. The molecule has 1 amide bonds. The fourth-order valence-corrected chi connectivity index (χ4v) is 3.09. The second kappa shape index (κ2) is 8.67. The molecule has 0 fully saturated rings. The van der Waals surface area contributed by atoms with Gasteiger partial charge in [-0.2, -0.15) is 10.2 Å². The number of rotatable bonds is 5. The Bertz CT molecular complexity index is 1130. The maximum atomic E-state index is 12.3. The summed E-state index contributed by atoms with van der Waals surface area (Å²) in [6.07, 6.45) is 1.59. The molecular formula is C23H17BrN4O. The van der Waals surface area contributed by atoms with E-state index in [2.05, 4.69) is 48.8 Å². The lowest BCUT2D eigenvalue weighted by Crippen LogP contribution is -2.17. The lowest BCUT2D eigenvalue weighted by molar-refractivity contribution is 0.0950. The topological polar surface area (TPSA) is 70.1 Å². The van der Waals surface area contributed by atoms with E-state index in [9.17, 15) is 4.79 Å². The Morgan fingerprint density at radius 1 is 0.897 bits per heavy atom. The zero-order valence-corrected chi connectivity index (χ0v) is 16.9. The summed E-state index contributed by atoms with van der Waals surface area (Å²) in [6, 6.07) is 27.6. The third-order valence-corrected chi connectivity index (χ3v) is 4.89. The highest BCUT2D eigenvalue weighted by Gasteiger charge is 2.10. The summed E-state index contributed by atoms with van der Waals surface area (Å²) >= 11 is 3.38. The minimum atomic E-state index is -0.349. The lowest BCUT2D eigenvalue weighted by atomic mass is 10.0. The average molecular weight is 445 g/mol. The summed E-state index contributed by atoms with van der Waals surface area (Å²) in [5.74, 6) is -0.349. The summed E-state index contributed by atoms with van der Waals surface area (Å²) in [6.45, 7) is 0. The lowest BCUT2D eigenvalue weighted by Gasteiger charge is -2.02. The van der Waals surface area contributed by atoms with Crippen molar-refractivity contribution in [2.75, 3.05) is 0 Å². The van der Waals surface area contributed by atoms with Crippen LogP contribution >= 0.6 is 15.9 Å². The van der Waals surface area contributed by atoms with Crippen LogP contribution in [0.25, 0.3) is 22.4 Å². The number of carbonyl (C=O) groups is 1. The van der Waals surface area contributed by atoms with E-state index in [-0.39, 0.29) is 5.91 Å². The fraction of sp³-hybridized carbons (Fsp3) is 0. The minimum Gasteiger partial charge on any atom is -0.272 e. The van der Waals surface area contributed by atoms with Crippen LogP contribution in [-0.2, 0) is 0 Å². The number of H-pyrrole nitrogens is 1. The molecule has 2 N–H and O–H groups in total. The van der Waals surface area contributed by atoms with Gasteiger partial charge in [-0.25, -0.2) is 5.43 Å². The molecular weight excluding hydrogens is 428 g/mol. The number of nitrogens with one attached hydrogen (secondary N) is 2. The summed E-state index contributed by atoms with van der Waals surface area (Å²) in [5.41, 5.74) is 7.66. The van der Waals surface area contributed by atoms with Crippen LogP contribution in [0.1, 0.15) is 16.1 Å². The van der Waals surface area contributed by atoms with Crippen molar-refractivity contribution in [1.29, 1.82) is 0 Å². The van der Waals surface area contributed by atoms with Crippen LogP contribution in [0.2, 0.25) is 0 Å². The fourth-order valence-electron chi connectivity index (χ4n) is 2.82. The van der Waals surface area contributed by atoms with Crippen LogP contribution in [0.4, 0.5) is 0 Å². The Labute approximate surface area is 176 Å². The van der Waals surface area contributed by atoms with Crippen LogP contribution in [0.3, 0.4) is 0 Å². The van der Waals surface area contributed by atoms with Gasteiger partial charge < -0.3 is 0 Å². The second-order valence-corrected chi connectivity index (χ2v) is 7.28. The molecule has 0 atom stereocenters. The standard InChI is InChI=1S/C23H17BrN4O/c24-20-12-6-16(7-13-20)15-25-28-23(29)22-14-21(26-27-22)19-10-8-18(9-11-19)17-4-2-1-3-5-17/h1-15H,(H,26,27)(H,28,29)/b25-15-. The molecule has 0 spiro atoms. The van der Waals surface area contributed by atoms with Gasteiger partial charge in [0.05, 0.1) is 11.9 Å². The Kier molecular flexibility index (Phi) is 5.63. The van der Waals surface area contributed by atoms with Crippen molar-refractivity contribution in [3.63, 3.8) is 0 Å². The predicted molar refractivity (Wildman–Crippen MR) is 119 cm³/mol. The van der Waals surface area contributed by atoms with Crippen LogP contribution in [0.15, 0.2) is 94.5 Å². The van der Waals surface area contributed by atoms with Gasteiger partial charge in [-0.05, 0) is 34.9 Å². The number of nitrogens with zero attached hydrogens (tertiary/aromatic N) is 2. The quantitative estimate of drug-likeness (QED) is 0.325. The summed E-state index contributed by atoms with van der Waals surface area (Å²) in [7, 11) is 0. The first kappa shape index (κ1) is 18.8. The Morgan fingerprint density at radius 2 is 1.55 bits per heavy atom. The second-order valence-electron chi connectivity index (χ2n) is 6.36. The van der Waals surface area contributed by atoms with Crippen molar-refractivity contribution in [2.45, 2.75) is 0 Å². The summed E-state index contributed by atoms with van der Waals surface area (Å²) in [5, 5.41) is 11.0. The van der Waals surface area contributed by atoms with E-state index < -0.39 is 0 Å². The largest absolute Gasteiger partial charge is 0.289 e. The number of amides is 1. The van der Waals surface area contributed by atoms with E-state index in [1.165, 1.54) is 0 Å².